The fourth-order valence-corrected chi connectivity index (χ4v) is 7.40. The molecule has 0 aromatic carbocycles. The Hall–Kier alpha value is -0.370. The number of allylic oxidation sites excluding steroid dienone is 1. The molecule has 0 saturated heterocycles. The number of hydrogen-bond acceptors (Lipinski definition) is 1. The molecule has 2 heteroatoms. The number of hydrogen-bond donors (Lipinski definition) is 0. The molecule has 0 aromatic rings. The molecule has 0 radical (unpaired) electrons. The Morgan fingerprint density at radius 3 is 2.04 bits per heavy atom. The van der Waals surface area contributed by atoms with Gasteiger partial charge in [-0.3, -0.25) is 0 Å². The zero-order valence-corrected chi connectivity index (χ0v) is 17.6. The van der Waals surface area contributed by atoms with Gasteiger partial charge in [0.25, 0.3) is 0 Å². The Morgan fingerprint density at radius 2 is 1.48 bits per heavy atom. The van der Waals surface area contributed by atoms with Crippen LogP contribution in [0.25, 0.3) is 0 Å². The highest BCUT2D eigenvalue weighted by atomic mass is 19.1. The van der Waals surface area contributed by atoms with Crippen molar-refractivity contribution in [2.24, 2.45) is 28.1 Å². The van der Waals surface area contributed by atoms with Crippen LogP contribution >= 0.6 is 0 Å². The van der Waals surface area contributed by atoms with Gasteiger partial charge in [0.2, 0.25) is 0 Å². The minimum absolute atomic E-state index is 0.0816. The van der Waals surface area contributed by atoms with Crippen molar-refractivity contribution < 1.29 is 9.13 Å². The summed E-state index contributed by atoms with van der Waals surface area (Å²) in [7, 11) is 0. The maximum absolute atomic E-state index is 15.4. The SMILES string of the molecule is CC1CCC(C23C=C(F)C(COC45CCC(C)(CC4)CC5)(CC2)CC3)CC1. The van der Waals surface area contributed by atoms with E-state index in [2.05, 4.69) is 19.9 Å². The van der Waals surface area contributed by atoms with Crippen LogP contribution in [0.4, 0.5) is 4.39 Å². The molecule has 152 valence electrons. The van der Waals surface area contributed by atoms with Crippen LogP contribution in [0.5, 0.6) is 0 Å². The lowest BCUT2D eigenvalue weighted by Gasteiger charge is -2.56. The molecule has 0 N–H and O–H groups in total. The summed E-state index contributed by atoms with van der Waals surface area (Å²) in [4.78, 5) is 0. The highest BCUT2D eigenvalue weighted by Gasteiger charge is 2.55. The molecule has 0 atom stereocenters. The average molecular weight is 375 g/mol. The maximum atomic E-state index is 15.4. The molecular formula is C25H39FO. The lowest BCUT2D eigenvalue weighted by molar-refractivity contribution is -0.160. The first-order chi connectivity index (χ1) is 12.9. The van der Waals surface area contributed by atoms with Crippen molar-refractivity contribution in [2.45, 2.75) is 109 Å². The van der Waals surface area contributed by atoms with E-state index in [0.29, 0.717) is 12.0 Å². The molecular weight excluding hydrogens is 335 g/mol. The number of ether oxygens (including phenoxy) is 1. The van der Waals surface area contributed by atoms with Gasteiger partial charge in [0.05, 0.1) is 12.2 Å². The van der Waals surface area contributed by atoms with Gasteiger partial charge in [-0.1, -0.05) is 26.7 Å². The van der Waals surface area contributed by atoms with Crippen molar-refractivity contribution in [1.82, 2.24) is 0 Å². The molecule has 5 saturated carbocycles. The predicted molar refractivity (Wildman–Crippen MR) is 108 cm³/mol. The van der Waals surface area contributed by atoms with Crippen molar-refractivity contribution in [3.8, 4) is 0 Å². The first-order valence-electron chi connectivity index (χ1n) is 11.9. The quantitative estimate of drug-likeness (QED) is 0.499. The molecule has 5 fully saturated rings. The van der Waals surface area contributed by atoms with E-state index in [4.69, 9.17) is 4.74 Å². The Morgan fingerprint density at radius 1 is 0.889 bits per heavy atom. The van der Waals surface area contributed by atoms with Gasteiger partial charge in [-0.2, -0.15) is 0 Å². The largest absolute Gasteiger partial charge is 0.374 e. The van der Waals surface area contributed by atoms with Crippen molar-refractivity contribution in [3.63, 3.8) is 0 Å². The zero-order valence-electron chi connectivity index (χ0n) is 17.6. The Balaban J connectivity index is 1.27. The van der Waals surface area contributed by atoms with Gasteiger partial charge in [-0.25, -0.2) is 4.39 Å². The minimum Gasteiger partial charge on any atom is -0.374 e. The average Bonchev–Trinajstić information content (AvgIpc) is 2.69. The third-order valence-corrected chi connectivity index (χ3v) is 10.1. The molecule has 27 heavy (non-hydrogen) atoms. The Labute approximate surface area is 165 Å². The van der Waals surface area contributed by atoms with E-state index in [-0.39, 0.29) is 22.3 Å². The molecule has 0 amide bonds. The van der Waals surface area contributed by atoms with Gasteiger partial charge in [-0.15, -0.1) is 0 Å². The van der Waals surface area contributed by atoms with Crippen LogP contribution < -0.4 is 0 Å². The fraction of sp³-hybridized carbons (Fsp3) is 0.920. The number of halogens is 1. The van der Waals surface area contributed by atoms with Crippen LogP contribution in [0.1, 0.15) is 104 Å². The summed E-state index contributed by atoms with van der Waals surface area (Å²) in [6.45, 7) is 5.47. The first-order valence-corrected chi connectivity index (χ1v) is 11.9. The molecule has 7 aliphatic rings. The van der Waals surface area contributed by atoms with Crippen molar-refractivity contribution in [1.29, 1.82) is 0 Å². The Kier molecular flexibility index (Phi) is 4.36. The van der Waals surface area contributed by atoms with Gasteiger partial charge in [0.1, 0.15) is 5.83 Å². The summed E-state index contributed by atoms with van der Waals surface area (Å²) >= 11 is 0. The van der Waals surface area contributed by atoms with Gasteiger partial charge < -0.3 is 4.74 Å². The van der Waals surface area contributed by atoms with Crippen LogP contribution in [-0.2, 0) is 4.74 Å². The van der Waals surface area contributed by atoms with E-state index in [0.717, 1.165) is 24.7 Å². The van der Waals surface area contributed by atoms with Crippen LogP contribution in [0.15, 0.2) is 11.9 Å². The first kappa shape index (κ1) is 18.6. The predicted octanol–water partition coefficient (Wildman–Crippen LogP) is 7.36. The standard InChI is InChI=1S/C25H39FO/c1-19-3-5-20(6-4-19)23-10-12-24(13-11-23,21(26)17-23)18-27-25-14-7-22(2,8-15-25)9-16-25/h17,19-20H,3-16,18H2,1-2H3. The van der Waals surface area contributed by atoms with Crippen molar-refractivity contribution in [3.05, 3.63) is 11.9 Å². The van der Waals surface area contributed by atoms with E-state index in [1.54, 1.807) is 0 Å². The molecule has 0 aromatic heterocycles. The second-order valence-electron chi connectivity index (χ2n) is 11.7. The zero-order chi connectivity index (χ0) is 18.8. The normalized spacial score (nSPS) is 52.0. The minimum atomic E-state index is -0.281. The summed E-state index contributed by atoms with van der Waals surface area (Å²) < 4.78 is 22.1. The van der Waals surface area contributed by atoms with Gasteiger partial charge in [-0.05, 0) is 106 Å². The topological polar surface area (TPSA) is 9.23 Å². The molecule has 0 heterocycles. The van der Waals surface area contributed by atoms with Gasteiger partial charge in [0.15, 0.2) is 0 Å². The third-order valence-electron chi connectivity index (χ3n) is 10.1. The second-order valence-corrected chi connectivity index (χ2v) is 11.7. The van der Waals surface area contributed by atoms with Crippen molar-refractivity contribution in [2.75, 3.05) is 6.61 Å². The Bertz CT molecular complexity index is 579. The molecule has 0 aliphatic heterocycles. The molecule has 1 nitrogen and oxygen atoms in total. The van der Waals surface area contributed by atoms with Crippen LogP contribution in [-0.4, -0.2) is 12.2 Å². The molecule has 7 rings (SSSR count). The molecule has 7 aliphatic carbocycles. The summed E-state index contributed by atoms with van der Waals surface area (Å²) in [6, 6.07) is 0. The van der Waals surface area contributed by atoms with E-state index in [1.165, 1.54) is 77.0 Å². The van der Waals surface area contributed by atoms with Crippen LogP contribution in [0.3, 0.4) is 0 Å². The van der Waals surface area contributed by atoms with Gasteiger partial charge >= 0.3 is 0 Å². The van der Waals surface area contributed by atoms with Gasteiger partial charge in [0, 0.05) is 5.41 Å². The maximum Gasteiger partial charge on any atom is 0.105 e. The van der Waals surface area contributed by atoms with E-state index in [9.17, 15) is 0 Å². The summed E-state index contributed by atoms with van der Waals surface area (Å²) in [6.07, 6.45) is 19.4. The monoisotopic (exact) mass is 374 g/mol. The third kappa shape index (κ3) is 3.04. The van der Waals surface area contributed by atoms with Crippen LogP contribution in [0, 0.1) is 28.1 Å². The lowest BCUT2D eigenvalue weighted by Crippen LogP contribution is -2.51. The van der Waals surface area contributed by atoms with Crippen LogP contribution in [0.2, 0.25) is 0 Å². The van der Waals surface area contributed by atoms with E-state index >= 15 is 4.39 Å². The van der Waals surface area contributed by atoms with E-state index < -0.39 is 0 Å². The fourth-order valence-electron chi connectivity index (χ4n) is 7.40. The lowest BCUT2D eigenvalue weighted by atomic mass is 9.51. The number of fused-ring (bicyclic) bond motifs is 5. The summed E-state index contributed by atoms with van der Waals surface area (Å²) in [5.41, 5.74) is 0.554. The number of rotatable bonds is 4. The van der Waals surface area contributed by atoms with E-state index in [1.807, 2.05) is 0 Å². The smallest absolute Gasteiger partial charge is 0.105 e. The molecule has 0 unspecified atom stereocenters. The second kappa shape index (κ2) is 6.31. The highest BCUT2D eigenvalue weighted by Crippen LogP contribution is 2.62. The van der Waals surface area contributed by atoms with Crippen molar-refractivity contribution >= 4 is 0 Å². The summed E-state index contributed by atoms with van der Waals surface area (Å²) in [5, 5.41) is 0. The molecule has 0 spiro atoms. The summed E-state index contributed by atoms with van der Waals surface area (Å²) in [5.74, 6) is 1.80. The highest BCUT2D eigenvalue weighted by molar-refractivity contribution is 5.24. The molecule has 4 bridgehead atoms.